The Morgan fingerprint density at radius 2 is 1.89 bits per heavy atom. The topological polar surface area (TPSA) is 77.1 Å². The van der Waals surface area contributed by atoms with Crippen molar-refractivity contribution < 1.29 is 23.8 Å². The van der Waals surface area contributed by atoms with Crippen LogP contribution in [0.4, 0.5) is 5.69 Å². The van der Waals surface area contributed by atoms with Crippen LogP contribution in [-0.4, -0.2) is 45.2 Å². The van der Waals surface area contributed by atoms with Gasteiger partial charge in [0.25, 0.3) is 5.91 Å². The van der Waals surface area contributed by atoms with E-state index in [-0.39, 0.29) is 18.4 Å². The molecule has 0 unspecified atom stereocenters. The van der Waals surface area contributed by atoms with E-state index in [2.05, 4.69) is 5.32 Å². The van der Waals surface area contributed by atoms with Gasteiger partial charge in [-0.2, -0.15) is 0 Å². The number of nitrogens with zero attached hydrogens (tertiary/aromatic N) is 1. The normalized spacial score (nSPS) is 15.5. The van der Waals surface area contributed by atoms with Crippen molar-refractivity contribution in [3.63, 3.8) is 0 Å². The Morgan fingerprint density at radius 1 is 1.14 bits per heavy atom. The number of carbonyl (C=O) groups is 2. The van der Waals surface area contributed by atoms with Gasteiger partial charge in [-0.3, -0.25) is 14.5 Å². The third-order valence-electron chi connectivity index (χ3n) is 4.56. The van der Waals surface area contributed by atoms with Gasteiger partial charge in [0.2, 0.25) is 5.91 Å². The first-order chi connectivity index (χ1) is 13.5. The summed E-state index contributed by atoms with van der Waals surface area (Å²) in [7, 11) is 3.17. The smallest absolute Gasteiger partial charge is 0.268 e. The molecule has 0 aliphatic carbocycles. The average Bonchev–Trinajstić information content (AvgIpc) is 2.71. The van der Waals surface area contributed by atoms with Crippen LogP contribution in [0.3, 0.4) is 0 Å². The van der Waals surface area contributed by atoms with Gasteiger partial charge in [0.05, 0.1) is 19.9 Å². The van der Waals surface area contributed by atoms with Crippen molar-refractivity contribution in [2.75, 3.05) is 32.2 Å². The van der Waals surface area contributed by atoms with Crippen molar-refractivity contribution in [1.29, 1.82) is 0 Å². The zero-order valence-electron chi connectivity index (χ0n) is 16.2. The van der Waals surface area contributed by atoms with E-state index in [1.807, 2.05) is 30.3 Å². The quantitative estimate of drug-likeness (QED) is 0.792. The summed E-state index contributed by atoms with van der Waals surface area (Å²) in [5.41, 5.74) is 1.63. The van der Waals surface area contributed by atoms with E-state index in [4.69, 9.17) is 14.2 Å². The highest BCUT2D eigenvalue weighted by Gasteiger charge is 2.32. The number of para-hydroxylation sites is 2. The molecule has 0 bridgehead atoms. The first-order valence-electron chi connectivity index (χ1n) is 9.08. The fourth-order valence-corrected chi connectivity index (χ4v) is 3.10. The van der Waals surface area contributed by atoms with Gasteiger partial charge in [-0.15, -0.1) is 0 Å². The van der Waals surface area contributed by atoms with Crippen molar-refractivity contribution in [3.05, 3.63) is 48.0 Å². The summed E-state index contributed by atoms with van der Waals surface area (Å²) in [5.74, 6) is 1.46. The molecule has 0 saturated carbocycles. The fraction of sp³-hybridized carbons (Fsp3) is 0.333. The van der Waals surface area contributed by atoms with Gasteiger partial charge in [-0.05, 0) is 43.2 Å². The third-order valence-corrected chi connectivity index (χ3v) is 4.56. The molecule has 3 rings (SSSR count). The van der Waals surface area contributed by atoms with Crippen LogP contribution in [0.1, 0.15) is 12.5 Å². The molecule has 1 aliphatic rings. The number of fused-ring (bicyclic) bond motifs is 1. The van der Waals surface area contributed by atoms with E-state index in [1.165, 1.54) is 4.90 Å². The molecule has 0 spiro atoms. The summed E-state index contributed by atoms with van der Waals surface area (Å²) in [6, 6.07) is 12.9. The van der Waals surface area contributed by atoms with Gasteiger partial charge >= 0.3 is 0 Å². The highest BCUT2D eigenvalue weighted by molar-refractivity contribution is 6.03. The van der Waals surface area contributed by atoms with Gasteiger partial charge in [-0.1, -0.05) is 18.2 Å². The van der Waals surface area contributed by atoms with Gasteiger partial charge in [0.1, 0.15) is 12.3 Å². The van der Waals surface area contributed by atoms with Crippen LogP contribution in [0, 0.1) is 0 Å². The highest BCUT2D eigenvalue weighted by Crippen LogP contribution is 2.33. The first kappa shape index (κ1) is 19.5. The van der Waals surface area contributed by atoms with Gasteiger partial charge < -0.3 is 19.5 Å². The number of amides is 2. The molecular formula is C21H24N2O5. The van der Waals surface area contributed by atoms with Crippen LogP contribution in [0.2, 0.25) is 0 Å². The Hall–Kier alpha value is -3.22. The monoisotopic (exact) mass is 384 g/mol. The summed E-state index contributed by atoms with van der Waals surface area (Å²) >= 11 is 0. The van der Waals surface area contributed by atoms with Crippen LogP contribution in [-0.2, 0) is 16.0 Å². The van der Waals surface area contributed by atoms with Gasteiger partial charge in [0.15, 0.2) is 17.6 Å². The van der Waals surface area contributed by atoms with E-state index in [0.717, 1.165) is 5.56 Å². The van der Waals surface area contributed by atoms with Crippen LogP contribution in [0.5, 0.6) is 17.2 Å². The minimum atomic E-state index is -0.616. The summed E-state index contributed by atoms with van der Waals surface area (Å²) < 4.78 is 16.1. The van der Waals surface area contributed by atoms with Crippen LogP contribution in [0.25, 0.3) is 0 Å². The van der Waals surface area contributed by atoms with E-state index in [1.54, 1.807) is 33.3 Å². The number of carbonyl (C=O) groups excluding carboxylic acids is 2. The maximum Gasteiger partial charge on any atom is 0.268 e. The Bertz CT molecular complexity index is 868. The highest BCUT2D eigenvalue weighted by atomic mass is 16.5. The van der Waals surface area contributed by atoms with Crippen LogP contribution >= 0.6 is 0 Å². The minimum absolute atomic E-state index is 0.0462. The molecule has 1 atom stereocenters. The van der Waals surface area contributed by atoms with Gasteiger partial charge in [-0.25, -0.2) is 0 Å². The number of benzene rings is 2. The average molecular weight is 384 g/mol. The van der Waals surface area contributed by atoms with E-state index >= 15 is 0 Å². The van der Waals surface area contributed by atoms with Crippen molar-refractivity contribution in [3.8, 4) is 17.2 Å². The van der Waals surface area contributed by atoms with Crippen molar-refractivity contribution in [2.24, 2.45) is 0 Å². The number of rotatable bonds is 7. The number of hydrogen-bond acceptors (Lipinski definition) is 5. The number of ether oxygens (including phenoxy) is 3. The lowest BCUT2D eigenvalue weighted by Gasteiger charge is -2.32. The lowest BCUT2D eigenvalue weighted by molar-refractivity contribution is -0.128. The molecule has 0 fully saturated rings. The minimum Gasteiger partial charge on any atom is -0.493 e. The van der Waals surface area contributed by atoms with Crippen LogP contribution in [0.15, 0.2) is 42.5 Å². The second-order valence-electron chi connectivity index (χ2n) is 6.44. The second-order valence-corrected chi connectivity index (χ2v) is 6.44. The Kier molecular flexibility index (Phi) is 6.03. The summed E-state index contributed by atoms with van der Waals surface area (Å²) in [4.78, 5) is 26.3. The summed E-state index contributed by atoms with van der Waals surface area (Å²) in [6.07, 6.45) is 0.0188. The number of nitrogens with one attached hydrogen (secondary N) is 1. The second kappa shape index (κ2) is 8.65. The van der Waals surface area contributed by atoms with Gasteiger partial charge in [0, 0.05) is 6.54 Å². The fourth-order valence-electron chi connectivity index (χ4n) is 3.10. The molecule has 28 heavy (non-hydrogen) atoms. The zero-order chi connectivity index (χ0) is 20.1. The Balaban J connectivity index is 1.58. The number of methoxy groups -OCH3 is 2. The molecule has 7 heteroatoms. The SMILES string of the molecule is COc1ccc(CCNC(=O)CN2C(=O)[C@@H](C)Oc3ccccc32)cc1OC. The molecule has 0 radical (unpaired) electrons. The molecule has 7 nitrogen and oxygen atoms in total. The standard InChI is InChI=1S/C21H24N2O5/c1-14-21(25)23(16-6-4-5-7-17(16)28-14)13-20(24)22-11-10-15-8-9-18(26-2)19(12-15)27-3/h4-9,12,14H,10-11,13H2,1-3H3,(H,22,24)/t14-/m1/s1. The molecule has 2 amide bonds. The predicted molar refractivity (Wildman–Crippen MR) is 105 cm³/mol. The summed E-state index contributed by atoms with van der Waals surface area (Å²) in [6.45, 7) is 2.08. The molecule has 0 aromatic heterocycles. The number of anilines is 1. The van der Waals surface area contributed by atoms with E-state index in [0.29, 0.717) is 35.9 Å². The van der Waals surface area contributed by atoms with Crippen LogP contribution < -0.4 is 24.4 Å². The summed E-state index contributed by atoms with van der Waals surface area (Å²) in [5, 5.41) is 2.87. The lowest BCUT2D eigenvalue weighted by atomic mass is 10.1. The molecular weight excluding hydrogens is 360 g/mol. The van der Waals surface area contributed by atoms with Crippen molar-refractivity contribution >= 4 is 17.5 Å². The van der Waals surface area contributed by atoms with Crippen molar-refractivity contribution in [1.82, 2.24) is 5.32 Å². The molecule has 1 aliphatic heterocycles. The zero-order valence-corrected chi connectivity index (χ0v) is 16.2. The molecule has 1 heterocycles. The van der Waals surface area contributed by atoms with Crippen molar-refractivity contribution in [2.45, 2.75) is 19.4 Å². The van der Waals surface area contributed by atoms with E-state index in [9.17, 15) is 9.59 Å². The molecule has 1 N–H and O–H groups in total. The lowest BCUT2D eigenvalue weighted by Crippen LogP contribution is -2.49. The first-order valence-corrected chi connectivity index (χ1v) is 9.08. The number of hydrogen-bond donors (Lipinski definition) is 1. The maximum atomic E-state index is 12.4. The van der Waals surface area contributed by atoms with E-state index < -0.39 is 6.10 Å². The molecule has 2 aromatic rings. The predicted octanol–water partition coefficient (Wildman–Crippen LogP) is 2.18. The third kappa shape index (κ3) is 4.19. The Labute approximate surface area is 164 Å². The molecule has 148 valence electrons. The molecule has 2 aromatic carbocycles. The maximum absolute atomic E-state index is 12.4. The largest absolute Gasteiger partial charge is 0.493 e. The molecule has 0 saturated heterocycles. The Morgan fingerprint density at radius 3 is 2.64 bits per heavy atom.